The van der Waals surface area contributed by atoms with Crippen LogP contribution in [-0.2, 0) is 19.2 Å². The molecule has 26 heavy (non-hydrogen) atoms. The van der Waals surface area contributed by atoms with Gasteiger partial charge in [0.15, 0.2) is 0 Å². The van der Waals surface area contributed by atoms with E-state index in [0.29, 0.717) is 12.8 Å². The molecule has 1 rings (SSSR count). The topological polar surface area (TPSA) is 182 Å². The second-order valence-corrected chi connectivity index (χ2v) is 6.17. The highest BCUT2D eigenvalue weighted by molar-refractivity contribution is 7.80. The molecule has 11 nitrogen and oxygen atoms in total. The molecule has 0 aliphatic carbocycles. The molecule has 0 spiro atoms. The zero-order chi connectivity index (χ0) is 19.9. The van der Waals surface area contributed by atoms with Crippen molar-refractivity contribution in [3.63, 3.8) is 0 Å². The van der Waals surface area contributed by atoms with Crippen molar-refractivity contribution in [1.29, 1.82) is 0 Å². The zero-order valence-corrected chi connectivity index (χ0v) is 14.9. The van der Waals surface area contributed by atoms with Crippen LogP contribution in [0.3, 0.4) is 0 Å². The van der Waals surface area contributed by atoms with Crippen molar-refractivity contribution < 1.29 is 34.5 Å². The summed E-state index contributed by atoms with van der Waals surface area (Å²) in [6.45, 7) is -1.15. The van der Waals surface area contributed by atoms with Gasteiger partial charge in [-0.15, -0.1) is 0 Å². The molecular formula is C14H24N4O7S. The summed E-state index contributed by atoms with van der Waals surface area (Å²) in [7, 11) is 0. The van der Waals surface area contributed by atoms with Crippen LogP contribution < -0.4 is 16.4 Å². The molecule has 4 atom stereocenters. The molecule has 0 saturated carbocycles. The molecule has 0 radical (unpaired) electrons. The number of carboxylic acid groups (broad SMARTS) is 1. The lowest BCUT2D eigenvalue weighted by Crippen LogP contribution is -2.58. The Hall–Kier alpha value is -1.89. The highest BCUT2D eigenvalue weighted by Gasteiger charge is 2.37. The molecule has 1 aliphatic rings. The molecule has 12 heteroatoms. The minimum Gasteiger partial charge on any atom is -0.480 e. The van der Waals surface area contributed by atoms with Crippen LogP contribution in [-0.4, -0.2) is 93.6 Å². The van der Waals surface area contributed by atoms with Crippen LogP contribution in [0, 0.1) is 0 Å². The molecule has 4 unspecified atom stereocenters. The molecule has 0 aromatic heterocycles. The average Bonchev–Trinajstić information content (AvgIpc) is 3.12. The Balaban J connectivity index is 2.75. The van der Waals surface area contributed by atoms with E-state index in [-0.39, 0.29) is 12.3 Å². The summed E-state index contributed by atoms with van der Waals surface area (Å²) in [5.41, 5.74) is 5.32. The number of nitrogens with one attached hydrogen (secondary N) is 2. The number of aliphatic hydroxyl groups is 2. The van der Waals surface area contributed by atoms with E-state index >= 15 is 0 Å². The molecule has 0 aromatic carbocycles. The summed E-state index contributed by atoms with van der Waals surface area (Å²) >= 11 is 4.01. The zero-order valence-electron chi connectivity index (χ0n) is 14.0. The lowest BCUT2D eigenvalue weighted by atomic mass is 10.2. The van der Waals surface area contributed by atoms with Gasteiger partial charge < -0.3 is 36.6 Å². The quantitative estimate of drug-likeness (QED) is 0.195. The van der Waals surface area contributed by atoms with E-state index in [2.05, 4.69) is 23.3 Å². The first kappa shape index (κ1) is 22.2. The highest BCUT2D eigenvalue weighted by Crippen LogP contribution is 2.18. The Kier molecular flexibility index (Phi) is 8.78. The van der Waals surface area contributed by atoms with E-state index in [0.717, 1.165) is 4.90 Å². The maximum atomic E-state index is 12.5. The van der Waals surface area contributed by atoms with Gasteiger partial charge in [-0.1, -0.05) is 0 Å². The van der Waals surface area contributed by atoms with Gasteiger partial charge in [0, 0.05) is 12.3 Å². The first-order valence-electron chi connectivity index (χ1n) is 7.99. The number of carbonyl (C=O) groups is 4. The fourth-order valence-corrected chi connectivity index (χ4v) is 2.75. The predicted molar refractivity (Wildman–Crippen MR) is 92.2 cm³/mol. The molecule has 1 heterocycles. The van der Waals surface area contributed by atoms with Crippen LogP contribution in [0.25, 0.3) is 0 Å². The molecule has 0 bridgehead atoms. The van der Waals surface area contributed by atoms with Gasteiger partial charge in [-0.05, 0) is 12.8 Å². The molecule has 148 valence electrons. The number of aliphatic hydroxyl groups excluding tert-OH is 2. The van der Waals surface area contributed by atoms with Crippen LogP contribution in [0.15, 0.2) is 0 Å². The number of likely N-dealkylation sites (tertiary alicyclic amines) is 1. The van der Waals surface area contributed by atoms with Crippen LogP contribution in [0.4, 0.5) is 0 Å². The summed E-state index contributed by atoms with van der Waals surface area (Å²) in [5.74, 6) is -3.53. The number of carbonyl (C=O) groups excluding carboxylic acids is 3. The van der Waals surface area contributed by atoms with E-state index in [1.165, 1.54) is 0 Å². The third-order valence-corrected chi connectivity index (χ3v) is 4.33. The summed E-state index contributed by atoms with van der Waals surface area (Å²) in [6, 6.07) is -4.73. The number of thiol groups is 1. The Labute approximate surface area is 155 Å². The highest BCUT2D eigenvalue weighted by atomic mass is 32.1. The Morgan fingerprint density at radius 3 is 2.23 bits per heavy atom. The van der Waals surface area contributed by atoms with Crippen molar-refractivity contribution in [2.24, 2.45) is 5.73 Å². The third kappa shape index (κ3) is 5.56. The number of rotatable bonds is 9. The average molecular weight is 392 g/mol. The van der Waals surface area contributed by atoms with Crippen LogP contribution in [0.2, 0.25) is 0 Å². The minimum atomic E-state index is -1.39. The fourth-order valence-electron chi connectivity index (χ4n) is 2.50. The second kappa shape index (κ2) is 10.3. The van der Waals surface area contributed by atoms with Gasteiger partial charge in [0.05, 0.1) is 13.2 Å². The number of nitrogens with two attached hydrogens (primary N) is 1. The number of amides is 3. The van der Waals surface area contributed by atoms with Gasteiger partial charge >= 0.3 is 5.97 Å². The third-order valence-electron chi connectivity index (χ3n) is 3.97. The van der Waals surface area contributed by atoms with Crippen LogP contribution >= 0.6 is 12.6 Å². The molecule has 1 fully saturated rings. The Morgan fingerprint density at radius 2 is 1.73 bits per heavy atom. The summed E-state index contributed by atoms with van der Waals surface area (Å²) in [5, 5.41) is 31.7. The van der Waals surface area contributed by atoms with Crippen molar-refractivity contribution in [2.45, 2.75) is 37.0 Å². The van der Waals surface area contributed by atoms with Crippen molar-refractivity contribution in [3.05, 3.63) is 0 Å². The van der Waals surface area contributed by atoms with Gasteiger partial charge in [-0.25, -0.2) is 4.79 Å². The van der Waals surface area contributed by atoms with Crippen LogP contribution in [0.1, 0.15) is 12.8 Å². The SMILES string of the molecule is NC(CO)C(=O)NC(CO)C(=O)NC(CS)C(=O)N1CCCC1C(=O)O. The predicted octanol–water partition coefficient (Wildman–Crippen LogP) is -3.73. The molecule has 3 amide bonds. The maximum absolute atomic E-state index is 12.5. The van der Waals surface area contributed by atoms with E-state index < -0.39 is 61.1 Å². The Morgan fingerprint density at radius 1 is 1.12 bits per heavy atom. The number of nitrogens with zero attached hydrogens (tertiary/aromatic N) is 1. The van der Waals surface area contributed by atoms with Gasteiger partial charge in [0.1, 0.15) is 24.2 Å². The number of hydrogen-bond acceptors (Lipinski definition) is 8. The number of carboxylic acids is 1. The largest absolute Gasteiger partial charge is 0.480 e. The van der Waals surface area contributed by atoms with Gasteiger partial charge in [0.25, 0.3) is 0 Å². The van der Waals surface area contributed by atoms with Crippen LogP contribution in [0.5, 0.6) is 0 Å². The monoisotopic (exact) mass is 392 g/mol. The fraction of sp³-hybridized carbons (Fsp3) is 0.714. The van der Waals surface area contributed by atoms with Crippen molar-refractivity contribution in [2.75, 3.05) is 25.5 Å². The molecule has 0 aromatic rings. The first-order valence-corrected chi connectivity index (χ1v) is 8.62. The van der Waals surface area contributed by atoms with E-state index in [1.807, 2.05) is 0 Å². The molecule has 1 aliphatic heterocycles. The normalized spacial score (nSPS) is 20.2. The minimum absolute atomic E-state index is 0.102. The van der Waals surface area contributed by atoms with Crippen molar-refractivity contribution in [1.82, 2.24) is 15.5 Å². The summed E-state index contributed by atoms with van der Waals surface area (Å²) in [4.78, 5) is 48.7. The second-order valence-electron chi connectivity index (χ2n) is 5.80. The van der Waals surface area contributed by atoms with Crippen molar-refractivity contribution in [3.8, 4) is 0 Å². The van der Waals surface area contributed by atoms with E-state index in [4.69, 9.17) is 15.9 Å². The lowest BCUT2D eigenvalue weighted by Gasteiger charge is -2.27. The maximum Gasteiger partial charge on any atom is 0.326 e. The standard InChI is InChI=1S/C14H24N4O7S/c15-7(4-19)11(21)16-8(5-20)12(22)17-9(6-26)13(23)18-3-1-2-10(18)14(24)25/h7-10,19-20,26H,1-6,15H2,(H,16,21)(H,17,22)(H,24,25). The molecule has 7 N–H and O–H groups in total. The Bertz CT molecular complexity index is 547. The van der Waals surface area contributed by atoms with E-state index in [1.54, 1.807) is 0 Å². The molecular weight excluding hydrogens is 368 g/mol. The lowest BCUT2D eigenvalue weighted by molar-refractivity contribution is -0.149. The summed E-state index contributed by atoms with van der Waals surface area (Å²) < 4.78 is 0. The first-order chi connectivity index (χ1) is 12.3. The van der Waals surface area contributed by atoms with E-state index in [9.17, 15) is 24.3 Å². The van der Waals surface area contributed by atoms with Crippen molar-refractivity contribution >= 4 is 36.3 Å². The number of aliphatic carboxylic acids is 1. The van der Waals surface area contributed by atoms with Gasteiger partial charge in [-0.2, -0.15) is 12.6 Å². The number of hydrogen-bond donors (Lipinski definition) is 7. The van der Waals surface area contributed by atoms with Gasteiger partial charge in [0.2, 0.25) is 17.7 Å². The molecule has 1 saturated heterocycles. The summed E-state index contributed by atoms with van der Waals surface area (Å²) in [6.07, 6.45) is 0.854. The smallest absolute Gasteiger partial charge is 0.326 e. The van der Waals surface area contributed by atoms with Gasteiger partial charge in [-0.3, -0.25) is 14.4 Å².